The zero-order valence-electron chi connectivity index (χ0n) is 18.3. The highest BCUT2D eigenvalue weighted by Gasteiger charge is 2.24. The predicted octanol–water partition coefficient (Wildman–Crippen LogP) is 8.31. The number of unbranched alkanes of at least 4 members (excludes halogenated alkanes) is 15. The number of hydrogen-bond donors (Lipinski definition) is 0. The van der Waals surface area contributed by atoms with E-state index in [1.807, 2.05) is 25.6 Å². The first-order valence-electron chi connectivity index (χ1n) is 11.3. The van der Waals surface area contributed by atoms with Gasteiger partial charge in [-0.15, -0.1) is 0 Å². The molecule has 4 heteroatoms. The lowest BCUT2D eigenvalue weighted by molar-refractivity contribution is -0.145. The van der Waals surface area contributed by atoms with E-state index in [4.69, 9.17) is 4.74 Å². The van der Waals surface area contributed by atoms with Crippen LogP contribution < -0.4 is 0 Å². The summed E-state index contributed by atoms with van der Waals surface area (Å²) in [6, 6.07) is 0. The van der Waals surface area contributed by atoms with Gasteiger partial charge in [-0.05, 0) is 38.7 Å². The van der Waals surface area contributed by atoms with Crippen LogP contribution in [-0.2, 0) is 9.53 Å². The van der Waals surface area contributed by atoms with Crippen molar-refractivity contribution in [1.82, 2.24) is 0 Å². The smallest absolute Gasteiger partial charge is 0.322 e. The Labute approximate surface area is 182 Å². The number of esters is 1. The first-order valence-corrected chi connectivity index (χ1v) is 13.5. The van der Waals surface area contributed by atoms with Gasteiger partial charge >= 0.3 is 5.97 Å². The molecule has 2 nitrogen and oxygen atoms in total. The van der Waals surface area contributed by atoms with Gasteiger partial charge in [0, 0.05) is 0 Å². The Bertz CT molecular complexity index is 329. The van der Waals surface area contributed by atoms with Crippen LogP contribution in [0.25, 0.3) is 0 Å². The van der Waals surface area contributed by atoms with E-state index >= 15 is 0 Å². The lowest BCUT2D eigenvalue weighted by Gasteiger charge is -2.14. The maximum absolute atomic E-state index is 11.6. The van der Waals surface area contributed by atoms with Crippen molar-refractivity contribution in [3.8, 4) is 0 Å². The van der Waals surface area contributed by atoms with E-state index in [1.54, 1.807) is 0 Å². The number of rotatable bonds is 20. The van der Waals surface area contributed by atoms with Gasteiger partial charge in [-0.2, -0.15) is 11.8 Å². The largest absolute Gasteiger partial charge is 0.465 e. The van der Waals surface area contributed by atoms with Crippen molar-refractivity contribution in [3.05, 3.63) is 0 Å². The molecule has 0 N–H and O–H groups in total. The van der Waals surface area contributed by atoms with E-state index in [2.05, 4.69) is 22.2 Å². The van der Waals surface area contributed by atoms with Crippen LogP contribution in [0, 0.1) is 0 Å². The molecule has 0 unspecified atom stereocenters. The summed E-state index contributed by atoms with van der Waals surface area (Å²) in [5.74, 6) is 1.18. The van der Waals surface area contributed by atoms with E-state index < -0.39 is 4.32 Å². The molecule has 0 amide bonds. The van der Waals surface area contributed by atoms with Gasteiger partial charge < -0.3 is 4.74 Å². The standard InChI is InChI=1S/C23H45BrO2S/c1-23(2,24)22(25)26-20-18-16-14-12-10-8-6-4-5-7-9-11-13-15-17-19-21-27-3/h4-21H2,1-3H3. The third-order valence-electron chi connectivity index (χ3n) is 4.96. The highest BCUT2D eigenvalue weighted by Crippen LogP contribution is 2.18. The Morgan fingerprint density at radius 1 is 0.704 bits per heavy atom. The van der Waals surface area contributed by atoms with Crippen LogP contribution in [0.4, 0.5) is 0 Å². The molecular weight excluding hydrogens is 420 g/mol. The average Bonchev–Trinajstić information content (AvgIpc) is 2.62. The lowest BCUT2D eigenvalue weighted by Crippen LogP contribution is -2.26. The first kappa shape index (κ1) is 27.3. The minimum atomic E-state index is -0.555. The molecule has 0 fully saturated rings. The van der Waals surface area contributed by atoms with Crippen molar-refractivity contribution in [1.29, 1.82) is 0 Å². The normalized spacial score (nSPS) is 11.7. The topological polar surface area (TPSA) is 26.3 Å². The summed E-state index contributed by atoms with van der Waals surface area (Å²) in [5, 5.41) is 0. The molecule has 0 aliphatic rings. The molecule has 0 aromatic carbocycles. The Kier molecular flexibility index (Phi) is 19.8. The molecule has 0 heterocycles. The second kappa shape index (κ2) is 19.6. The fraction of sp³-hybridized carbons (Fsp3) is 0.957. The summed E-state index contributed by atoms with van der Waals surface area (Å²) in [5.41, 5.74) is 0. The van der Waals surface area contributed by atoms with Gasteiger partial charge in [0.05, 0.1) is 6.61 Å². The summed E-state index contributed by atoms with van der Waals surface area (Å²) in [4.78, 5) is 11.6. The zero-order valence-corrected chi connectivity index (χ0v) is 20.7. The Balaban J connectivity index is 3.10. The fourth-order valence-electron chi connectivity index (χ4n) is 3.16. The zero-order chi connectivity index (χ0) is 20.2. The molecule has 0 atom stereocenters. The number of carbonyl (C=O) groups excluding carboxylic acids is 1. The van der Waals surface area contributed by atoms with Gasteiger partial charge in [0.1, 0.15) is 4.32 Å². The second-order valence-electron chi connectivity index (χ2n) is 8.26. The molecule has 0 radical (unpaired) electrons. The molecule has 27 heavy (non-hydrogen) atoms. The molecule has 0 saturated carbocycles. The fourth-order valence-corrected chi connectivity index (χ4v) is 3.77. The monoisotopic (exact) mass is 464 g/mol. The van der Waals surface area contributed by atoms with Crippen LogP contribution in [-0.4, -0.2) is 28.9 Å². The number of alkyl halides is 1. The quantitative estimate of drug-likeness (QED) is 0.103. The van der Waals surface area contributed by atoms with E-state index in [1.165, 1.54) is 102 Å². The van der Waals surface area contributed by atoms with Crippen molar-refractivity contribution >= 4 is 33.7 Å². The van der Waals surface area contributed by atoms with E-state index in [-0.39, 0.29) is 5.97 Å². The Morgan fingerprint density at radius 3 is 1.37 bits per heavy atom. The van der Waals surface area contributed by atoms with Gasteiger partial charge in [0.2, 0.25) is 0 Å². The summed E-state index contributed by atoms with van der Waals surface area (Å²) < 4.78 is 4.69. The van der Waals surface area contributed by atoms with Crippen molar-refractivity contribution in [3.63, 3.8) is 0 Å². The molecule has 162 valence electrons. The van der Waals surface area contributed by atoms with E-state index in [9.17, 15) is 4.79 Å². The van der Waals surface area contributed by atoms with Crippen LogP contribution >= 0.6 is 27.7 Å². The van der Waals surface area contributed by atoms with Gasteiger partial charge in [-0.1, -0.05) is 106 Å². The SMILES string of the molecule is CSCCCCCCCCCCCCCCCCCCOC(=O)C(C)(C)Br. The summed E-state index contributed by atoms with van der Waals surface area (Å²) >= 11 is 5.30. The van der Waals surface area contributed by atoms with Crippen LogP contribution in [0.15, 0.2) is 0 Å². The molecule has 0 aromatic heterocycles. The van der Waals surface area contributed by atoms with E-state index in [0.29, 0.717) is 6.61 Å². The molecule has 0 aromatic rings. The summed E-state index contributed by atoms with van der Waals surface area (Å²) in [6.45, 7) is 4.21. The highest BCUT2D eigenvalue weighted by molar-refractivity contribution is 9.10. The molecule has 0 spiro atoms. The highest BCUT2D eigenvalue weighted by atomic mass is 79.9. The summed E-state index contributed by atoms with van der Waals surface area (Å²) in [7, 11) is 0. The van der Waals surface area contributed by atoms with Crippen LogP contribution in [0.1, 0.15) is 117 Å². The third-order valence-corrected chi connectivity index (χ3v) is 5.98. The van der Waals surface area contributed by atoms with Gasteiger partial charge in [-0.3, -0.25) is 4.79 Å². The first-order chi connectivity index (χ1) is 13.0. The van der Waals surface area contributed by atoms with Crippen molar-refractivity contribution in [2.45, 2.75) is 121 Å². The van der Waals surface area contributed by atoms with Crippen molar-refractivity contribution in [2.75, 3.05) is 18.6 Å². The molecule has 0 bridgehead atoms. The minimum Gasteiger partial charge on any atom is -0.465 e. The van der Waals surface area contributed by atoms with Gasteiger partial charge in [0.15, 0.2) is 0 Å². The van der Waals surface area contributed by atoms with Crippen LogP contribution in [0.5, 0.6) is 0 Å². The Hall–Kier alpha value is 0.300. The van der Waals surface area contributed by atoms with Crippen molar-refractivity contribution < 1.29 is 9.53 Å². The average molecular weight is 466 g/mol. The predicted molar refractivity (Wildman–Crippen MR) is 126 cm³/mol. The molecule has 0 rings (SSSR count). The van der Waals surface area contributed by atoms with Gasteiger partial charge in [-0.25, -0.2) is 0 Å². The maximum Gasteiger partial charge on any atom is 0.322 e. The number of carbonyl (C=O) groups is 1. The molecule has 0 aliphatic carbocycles. The van der Waals surface area contributed by atoms with Gasteiger partial charge in [0.25, 0.3) is 0 Å². The molecule has 0 saturated heterocycles. The van der Waals surface area contributed by atoms with E-state index in [0.717, 1.165) is 6.42 Å². The molecular formula is C23H45BrO2S. The number of hydrogen-bond acceptors (Lipinski definition) is 3. The van der Waals surface area contributed by atoms with Crippen LogP contribution in [0.2, 0.25) is 0 Å². The third kappa shape index (κ3) is 20.8. The summed E-state index contributed by atoms with van der Waals surface area (Å²) in [6.07, 6.45) is 24.0. The number of thioether (sulfide) groups is 1. The molecule has 0 aliphatic heterocycles. The lowest BCUT2D eigenvalue weighted by atomic mass is 10.0. The minimum absolute atomic E-state index is 0.159. The van der Waals surface area contributed by atoms with Crippen LogP contribution in [0.3, 0.4) is 0 Å². The number of halogens is 1. The second-order valence-corrected chi connectivity index (χ2v) is 11.2. The maximum atomic E-state index is 11.6. The van der Waals surface area contributed by atoms with Crippen molar-refractivity contribution in [2.24, 2.45) is 0 Å². The number of ether oxygens (including phenoxy) is 1. The Morgan fingerprint density at radius 2 is 1.04 bits per heavy atom.